The minimum atomic E-state index is -0.740. The first-order valence-corrected chi connectivity index (χ1v) is 22.3. The summed E-state index contributed by atoms with van der Waals surface area (Å²) in [6.45, 7) is 10.1. The fourth-order valence-corrected chi connectivity index (χ4v) is 7.78. The van der Waals surface area contributed by atoms with E-state index in [2.05, 4.69) is 16.0 Å². The Morgan fingerprint density at radius 3 is 2.12 bits per heavy atom. The molecule has 0 saturated carbocycles. The molecule has 66 heavy (non-hydrogen) atoms. The molecule has 1 aromatic heterocycles. The van der Waals surface area contributed by atoms with Gasteiger partial charge in [-0.05, 0) is 41.0 Å². The molecule has 5 rings (SSSR count). The van der Waals surface area contributed by atoms with E-state index < -0.39 is 47.4 Å². The van der Waals surface area contributed by atoms with Crippen LogP contribution in [0, 0.1) is 28.9 Å². The van der Waals surface area contributed by atoms with Gasteiger partial charge < -0.3 is 49.5 Å². The molecule has 0 aliphatic carbocycles. The van der Waals surface area contributed by atoms with Gasteiger partial charge in [0.15, 0.2) is 0 Å². The van der Waals surface area contributed by atoms with Crippen molar-refractivity contribution in [3.05, 3.63) is 89.9 Å². The highest BCUT2D eigenvalue weighted by Gasteiger charge is 2.41. The molecule has 3 atom stereocenters. The first-order valence-electron chi connectivity index (χ1n) is 22.3. The minimum Gasteiger partial charge on any atom is -0.387 e. The van der Waals surface area contributed by atoms with Gasteiger partial charge in [-0.15, -0.1) is 0 Å². The van der Waals surface area contributed by atoms with E-state index in [0.717, 1.165) is 28.7 Å². The Bertz CT molecular complexity index is 2080. The predicted octanol–water partition coefficient (Wildman–Crippen LogP) is 2.62. The number of hydrogen-bond acceptors (Lipinski definition) is 12. The predicted molar refractivity (Wildman–Crippen MR) is 238 cm³/mol. The molecule has 19 heteroatoms. The van der Waals surface area contributed by atoms with Crippen LogP contribution in [0.3, 0.4) is 0 Å². The van der Waals surface area contributed by atoms with E-state index in [-0.39, 0.29) is 80.6 Å². The molecule has 5 amide bonds. The first kappa shape index (κ1) is 51.5. The summed E-state index contributed by atoms with van der Waals surface area (Å²) in [5.41, 5.74) is 0.533. The van der Waals surface area contributed by atoms with Crippen molar-refractivity contribution in [2.75, 3.05) is 98.7 Å². The molecule has 0 radical (unpaired) electrons. The number of amides is 5. The molecule has 2 unspecified atom stereocenters. The van der Waals surface area contributed by atoms with Gasteiger partial charge in [0.1, 0.15) is 24.1 Å². The zero-order valence-electron chi connectivity index (χ0n) is 38.0. The quantitative estimate of drug-likeness (QED) is 0.0614. The highest BCUT2D eigenvalue weighted by molar-refractivity contribution is 6.13. The second-order valence-electron chi connectivity index (χ2n) is 17.1. The van der Waals surface area contributed by atoms with Crippen LogP contribution in [0.2, 0.25) is 0 Å². The number of nitrogens with one attached hydrogen (secondary N) is 3. The Morgan fingerprint density at radius 1 is 0.848 bits per heavy atom. The van der Waals surface area contributed by atoms with Gasteiger partial charge >= 0.3 is 0 Å². The summed E-state index contributed by atoms with van der Waals surface area (Å²) in [5, 5.41) is 19.3. The normalized spacial score (nSPS) is 16.5. The molecule has 2 aliphatic heterocycles. The third-order valence-electron chi connectivity index (χ3n) is 11.1. The third-order valence-corrected chi connectivity index (χ3v) is 11.1. The topological polar surface area (TPSA) is 203 Å². The van der Waals surface area contributed by atoms with Gasteiger partial charge in [0.2, 0.25) is 17.7 Å². The van der Waals surface area contributed by atoms with Crippen LogP contribution in [0.5, 0.6) is 0 Å². The van der Waals surface area contributed by atoms with E-state index in [1.165, 1.54) is 12.2 Å². The molecule has 1 saturated heterocycles. The van der Waals surface area contributed by atoms with Crippen LogP contribution in [-0.4, -0.2) is 153 Å². The molecule has 2 aliphatic rings. The zero-order valence-corrected chi connectivity index (χ0v) is 38.0. The SMILES string of the molecule is CC(C)(C)[C@H](c1nc(-c2cc(F)ccc2F)cn1Cc1ccccc1)N(CC1CNCC1CNC(=O)CCOCCOCCOCCOCCNC(=O)CCN1C(=O)C=CC1=O)C(=O)CO. The molecule has 17 nitrogen and oxygen atoms in total. The number of carbonyl (C=O) groups is 5. The van der Waals surface area contributed by atoms with Crippen LogP contribution in [0.15, 0.2) is 66.9 Å². The van der Waals surface area contributed by atoms with Gasteiger partial charge in [-0.3, -0.25) is 28.9 Å². The average Bonchev–Trinajstić information content (AvgIpc) is 4.01. The monoisotopic (exact) mass is 923 g/mol. The maximum absolute atomic E-state index is 15.1. The number of ether oxygens (including phenoxy) is 4. The first-order chi connectivity index (χ1) is 31.7. The Morgan fingerprint density at radius 2 is 1.47 bits per heavy atom. The third kappa shape index (κ3) is 15.9. The van der Waals surface area contributed by atoms with Crippen LogP contribution in [-0.2, 0) is 49.5 Å². The maximum Gasteiger partial charge on any atom is 0.253 e. The zero-order chi connectivity index (χ0) is 47.5. The number of aliphatic hydroxyl groups excluding tert-OH is 1. The van der Waals surface area contributed by atoms with Gasteiger partial charge in [-0.25, -0.2) is 13.8 Å². The van der Waals surface area contributed by atoms with Gasteiger partial charge in [-0.2, -0.15) is 0 Å². The van der Waals surface area contributed by atoms with Crippen LogP contribution < -0.4 is 16.0 Å². The number of halogens is 2. The molecule has 0 bridgehead atoms. The Hall–Kier alpha value is -5.44. The van der Waals surface area contributed by atoms with E-state index in [1.807, 2.05) is 55.7 Å². The van der Waals surface area contributed by atoms with Crippen molar-refractivity contribution < 1.29 is 56.8 Å². The molecule has 0 spiro atoms. The summed E-state index contributed by atoms with van der Waals surface area (Å²) in [6.07, 6.45) is 4.20. The average molecular weight is 924 g/mol. The van der Waals surface area contributed by atoms with Crippen molar-refractivity contribution in [1.29, 1.82) is 0 Å². The van der Waals surface area contributed by atoms with Crippen molar-refractivity contribution in [2.45, 2.75) is 46.2 Å². The summed E-state index contributed by atoms with van der Waals surface area (Å²) >= 11 is 0. The molecule has 2 aromatic carbocycles. The summed E-state index contributed by atoms with van der Waals surface area (Å²) in [6, 6.07) is 12.1. The van der Waals surface area contributed by atoms with Crippen LogP contribution in [0.4, 0.5) is 8.78 Å². The van der Waals surface area contributed by atoms with Crippen molar-refractivity contribution in [3.8, 4) is 11.3 Å². The number of benzene rings is 2. The van der Waals surface area contributed by atoms with Crippen LogP contribution >= 0.6 is 0 Å². The lowest BCUT2D eigenvalue weighted by atomic mass is 9.83. The molecule has 360 valence electrons. The lowest BCUT2D eigenvalue weighted by molar-refractivity contribution is -0.141. The number of carbonyl (C=O) groups excluding carboxylic acids is 5. The van der Waals surface area contributed by atoms with E-state index >= 15 is 4.39 Å². The molecule has 4 N–H and O–H groups in total. The highest BCUT2D eigenvalue weighted by atomic mass is 19.1. The van der Waals surface area contributed by atoms with Crippen molar-refractivity contribution in [3.63, 3.8) is 0 Å². The van der Waals surface area contributed by atoms with Crippen LogP contribution in [0.25, 0.3) is 11.3 Å². The largest absolute Gasteiger partial charge is 0.387 e. The van der Waals surface area contributed by atoms with Gasteiger partial charge in [0, 0.05) is 82.6 Å². The Balaban J connectivity index is 1.00. The molecule has 1 fully saturated rings. The second kappa shape index (κ2) is 26.0. The Kier molecular flexibility index (Phi) is 20.3. The molecule has 3 aromatic rings. The van der Waals surface area contributed by atoms with Crippen LogP contribution in [0.1, 0.15) is 51.0 Å². The van der Waals surface area contributed by atoms with Crippen molar-refractivity contribution >= 4 is 29.5 Å². The lowest BCUT2D eigenvalue weighted by Gasteiger charge is -2.41. The minimum absolute atomic E-state index is 0.00310. The lowest BCUT2D eigenvalue weighted by Crippen LogP contribution is -2.47. The van der Waals surface area contributed by atoms with E-state index in [0.29, 0.717) is 71.6 Å². The summed E-state index contributed by atoms with van der Waals surface area (Å²) < 4.78 is 53.4. The standard InChI is InChI=1S/C47H63F2N7O10/c1-47(2,3)45(46-53-39(37-25-36(48)9-10-38(37)49)31-54(46)29-33-7-5-4-6-8-33)56(44(62)32-57)30-35-27-50-26-34(35)28-52-41(59)14-17-63-19-21-65-23-24-66-22-20-64-18-15-51-40(58)13-16-55-42(60)11-12-43(55)61/h4-12,25,31,34-35,45,50,57H,13-24,26-30,32H2,1-3H3,(H,51,58)(H,52,59)/t34?,35?,45-/m0/s1. The second-order valence-corrected chi connectivity index (χ2v) is 17.1. The van der Waals surface area contributed by atoms with Crippen molar-refractivity contribution in [2.24, 2.45) is 17.3 Å². The summed E-state index contributed by atoms with van der Waals surface area (Å²) in [5.74, 6) is -2.70. The number of aliphatic hydroxyl groups is 1. The number of nitrogens with zero attached hydrogens (tertiary/aromatic N) is 4. The number of aromatic nitrogens is 2. The fourth-order valence-electron chi connectivity index (χ4n) is 7.78. The van der Waals surface area contributed by atoms with E-state index in [9.17, 15) is 33.5 Å². The number of hydrogen-bond donors (Lipinski definition) is 4. The fraction of sp³-hybridized carbons (Fsp3) is 0.532. The molecular weight excluding hydrogens is 861 g/mol. The maximum atomic E-state index is 15.1. The summed E-state index contributed by atoms with van der Waals surface area (Å²) in [4.78, 5) is 69.1. The molecular formula is C47H63F2N7O10. The van der Waals surface area contributed by atoms with Gasteiger partial charge in [0.05, 0.1) is 64.6 Å². The summed E-state index contributed by atoms with van der Waals surface area (Å²) in [7, 11) is 0. The van der Waals surface area contributed by atoms with Gasteiger partial charge in [-0.1, -0.05) is 51.1 Å². The van der Waals surface area contributed by atoms with E-state index in [1.54, 1.807) is 11.1 Å². The van der Waals surface area contributed by atoms with Gasteiger partial charge in [0.25, 0.3) is 11.8 Å². The number of imide groups is 1. The highest BCUT2D eigenvalue weighted by Crippen LogP contribution is 2.40. The van der Waals surface area contributed by atoms with E-state index in [4.69, 9.17) is 23.9 Å². The number of imidazole rings is 1. The smallest absolute Gasteiger partial charge is 0.253 e. The van der Waals surface area contributed by atoms with Crippen molar-refractivity contribution in [1.82, 2.24) is 35.3 Å². The molecule has 3 heterocycles. The Labute approximate surface area is 384 Å². The number of rotatable bonds is 28.